The van der Waals surface area contributed by atoms with Crippen molar-refractivity contribution in [2.45, 2.75) is 6.92 Å². The van der Waals surface area contributed by atoms with Crippen LogP contribution in [-0.2, 0) is 0 Å². The van der Waals surface area contributed by atoms with Gasteiger partial charge in [-0.1, -0.05) is 0 Å². The maximum atomic E-state index is 10.5. The fourth-order valence-corrected chi connectivity index (χ4v) is 1.03. The predicted octanol–water partition coefficient (Wildman–Crippen LogP) is 0.0415. The molecule has 0 saturated carbocycles. The van der Waals surface area contributed by atoms with Gasteiger partial charge < -0.3 is 19.8 Å². The van der Waals surface area contributed by atoms with Crippen LogP contribution in [0.15, 0.2) is 18.2 Å². The Bertz CT molecular complexity index is 350. The van der Waals surface area contributed by atoms with Crippen molar-refractivity contribution in [3.8, 4) is 5.75 Å². The van der Waals surface area contributed by atoms with Crippen molar-refractivity contribution in [3.63, 3.8) is 0 Å². The Hall–Kier alpha value is -1.53. The second-order valence-electron chi connectivity index (χ2n) is 2.73. The molecule has 0 aromatic heterocycles. The zero-order valence-electron chi connectivity index (χ0n) is 7.47. The molecule has 0 aliphatic carbocycles. The molecular formula is C8H9BO5. The molecular weight excluding hydrogens is 187 g/mol. The van der Waals surface area contributed by atoms with Crippen molar-refractivity contribution in [3.05, 3.63) is 29.3 Å². The Balaban J connectivity index is 2.95. The summed E-state index contributed by atoms with van der Waals surface area (Å²) in [7, 11) is -1.90. The topological polar surface area (TPSA) is 87.0 Å². The molecule has 0 radical (unpaired) electrons. The van der Waals surface area contributed by atoms with Gasteiger partial charge >= 0.3 is 13.3 Å². The summed E-state index contributed by atoms with van der Waals surface area (Å²) in [6.45, 7) is 1.62. The van der Waals surface area contributed by atoms with Gasteiger partial charge in [0, 0.05) is 0 Å². The smallest absolute Gasteiger partial charge is 0.512 e. The normalized spacial score (nSPS) is 9.64. The number of rotatable bonds is 3. The van der Waals surface area contributed by atoms with E-state index in [0.717, 1.165) is 0 Å². The summed E-state index contributed by atoms with van der Waals surface area (Å²) in [5, 5.41) is 25.7. The number of carbonyl (C=O) groups is 1. The predicted molar refractivity (Wildman–Crippen MR) is 49.0 cm³/mol. The van der Waals surface area contributed by atoms with E-state index in [0.29, 0.717) is 5.56 Å². The van der Waals surface area contributed by atoms with Crippen molar-refractivity contribution < 1.29 is 24.6 Å². The van der Waals surface area contributed by atoms with E-state index in [1.54, 1.807) is 6.92 Å². The van der Waals surface area contributed by atoms with Crippen LogP contribution < -0.4 is 4.65 Å². The van der Waals surface area contributed by atoms with E-state index in [2.05, 4.69) is 4.65 Å². The average molecular weight is 196 g/mol. The largest absolute Gasteiger partial charge is 0.707 e. The van der Waals surface area contributed by atoms with Gasteiger partial charge in [0.15, 0.2) is 0 Å². The SMILES string of the molecule is Cc1cc(C(=O)O)ccc1OB(O)O. The van der Waals surface area contributed by atoms with Crippen LogP contribution in [0.25, 0.3) is 0 Å². The Morgan fingerprint density at radius 2 is 2.07 bits per heavy atom. The molecule has 1 aromatic carbocycles. The van der Waals surface area contributed by atoms with Crippen LogP contribution >= 0.6 is 0 Å². The average Bonchev–Trinajstić information content (AvgIpc) is 2.07. The minimum absolute atomic E-state index is 0.127. The lowest BCUT2D eigenvalue weighted by Crippen LogP contribution is -2.21. The van der Waals surface area contributed by atoms with Gasteiger partial charge in [0.25, 0.3) is 0 Å². The minimum Gasteiger partial charge on any atom is -0.512 e. The summed E-state index contributed by atoms with van der Waals surface area (Å²) in [6.07, 6.45) is 0. The van der Waals surface area contributed by atoms with E-state index < -0.39 is 13.3 Å². The fraction of sp³-hybridized carbons (Fsp3) is 0.125. The van der Waals surface area contributed by atoms with Gasteiger partial charge in [-0.15, -0.1) is 0 Å². The standard InChI is InChI=1S/C8H9BO5/c1-5-4-6(8(10)11)2-3-7(5)14-9(12)13/h2-4,12-13H,1H3,(H,10,11). The third-order valence-electron chi connectivity index (χ3n) is 1.65. The summed E-state index contributed by atoms with van der Waals surface area (Å²) in [5.74, 6) is -0.797. The molecule has 3 N–H and O–H groups in total. The lowest BCUT2D eigenvalue weighted by atomic mass is 10.1. The van der Waals surface area contributed by atoms with Crippen molar-refractivity contribution in [1.82, 2.24) is 0 Å². The molecule has 0 heterocycles. The Labute approximate surface area is 80.7 Å². The number of hydrogen-bond donors (Lipinski definition) is 3. The monoisotopic (exact) mass is 196 g/mol. The zero-order valence-corrected chi connectivity index (χ0v) is 7.47. The van der Waals surface area contributed by atoms with Crippen LogP contribution in [0.5, 0.6) is 5.75 Å². The quantitative estimate of drug-likeness (QED) is 0.594. The molecule has 0 atom stereocenters. The van der Waals surface area contributed by atoms with Crippen LogP contribution in [0.2, 0.25) is 0 Å². The van der Waals surface area contributed by atoms with Crippen LogP contribution in [0, 0.1) is 6.92 Å². The first-order valence-electron chi connectivity index (χ1n) is 3.87. The van der Waals surface area contributed by atoms with Crippen molar-refractivity contribution in [2.75, 3.05) is 0 Å². The summed E-state index contributed by atoms with van der Waals surface area (Å²) >= 11 is 0. The molecule has 74 valence electrons. The Morgan fingerprint density at radius 1 is 1.43 bits per heavy atom. The first-order valence-corrected chi connectivity index (χ1v) is 3.87. The molecule has 0 fully saturated rings. The number of aryl methyl sites for hydroxylation is 1. The molecule has 0 spiro atoms. The Kier molecular flexibility index (Phi) is 3.11. The van der Waals surface area contributed by atoms with Crippen molar-refractivity contribution in [2.24, 2.45) is 0 Å². The van der Waals surface area contributed by atoms with Crippen molar-refractivity contribution >= 4 is 13.3 Å². The third-order valence-corrected chi connectivity index (χ3v) is 1.65. The highest BCUT2D eigenvalue weighted by atomic mass is 16.6. The number of carboxylic acids is 1. The molecule has 14 heavy (non-hydrogen) atoms. The number of carboxylic acid groups (broad SMARTS) is 1. The first kappa shape index (κ1) is 10.6. The van der Waals surface area contributed by atoms with Gasteiger partial charge in [0.05, 0.1) is 5.56 Å². The third kappa shape index (κ3) is 2.48. The Morgan fingerprint density at radius 3 is 2.50 bits per heavy atom. The summed E-state index contributed by atoms with van der Waals surface area (Å²) in [4.78, 5) is 10.5. The van der Waals surface area contributed by atoms with Gasteiger partial charge in [-0.25, -0.2) is 4.79 Å². The molecule has 0 amide bonds. The maximum absolute atomic E-state index is 10.5. The first-order chi connectivity index (χ1) is 6.50. The van der Waals surface area contributed by atoms with Crippen LogP contribution in [0.1, 0.15) is 15.9 Å². The summed E-state index contributed by atoms with van der Waals surface area (Å²) < 4.78 is 4.60. The second kappa shape index (κ2) is 4.12. The van der Waals surface area contributed by atoms with Crippen LogP contribution in [-0.4, -0.2) is 28.4 Å². The number of aromatic carboxylic acids is 1. The van der Waals surface area contributed by atoms with E-state index in [1.807, 2.05) is 0 Å². The fourth-order valence-electron chi connectivity index (χ4n) is 1.03. The van der Waals surface area contributed by atoms with E-state index in [9.17, 15) is 4.79 Å². The number of benzene rings is 1. The van der Waals surface area contributed by atoms with E-state index in [4.69, 9.17) is 15.2 Å². The molecule has 0 saturated heterocycles. The van der Waals surface area contributed by atoms with Gasteiger partial charge in [0.2, 0.25) is 0 Å². The van der Waals surface area contributed by atoms with Gasteiger partial charge in [-0.2, -0.15) is 0 Å². The van der Waals surface area contributed by atoms with E-state index >= 15 is 0 Å². The lowest BCUT2D eigenvalue weighted by molar-refractivity contribution is 0.0697. The van der Waals surface area contributed by atoms with E-state index in [1.165, 1.54) is 18.2 Å². The highest BCUT2D eigenvalue weighted by Gasteiger charge is 2.13. The lowest BCUT2D eigenvalue weighted by Gasteiger charge is -2.08. The van der Waals surface area contributed by atoms with Crippen LogP contribution in [0.4, 0.5) is 0 Å². The van der Waals surface area contributed by atoms with Gasteiger partial charge in [0.1, 0.15) is 5.75 Å². The zero-order chi connectivity index (χ0) is 10.7. The molecule has 1 rings (SSSR count). The molecule has 0 aliphatic rings. The molecule has 0 aliphatic heterocycles. The molecule has 6 heteroatoms. The highest BCUT2D eigenvalue weighted by molar-refractivity contribution is 6.33. The van der Waals surface area contributed by atoms with Gasteiger partial charge in [-0.05, 0) is 30.7 Å². The minimum atomic E-state index is -1.90. The van der Waals surface area contributed by atoms with E-state index in [-0.39, 0.29) is 11.3 Å². The summed E-state index contributed by atoms with van der Waals surface area (Å²) in [5.41, 5.74) is 0.653. The van der Waals surface area contributed by atoms with Gasteiger partial charge in [-0.3, -0.25) is 0 Å². The second-order valence-corrected chi connectivity index (χ2v) is 2.73. The molecule has 0 bridgehead atoms. The summed E-state index contributed by atoms with van der Waals surface area (Å²) in [6, 6.07) is 4.09. The van der Waals surface area contributed by atoms with Crippen LogP contribution in [0.3, 0.4) is 0 Å². The molecule has 5 nitrogen and oxygen atoms in total. The highest BCUT2D eigenvalue weighted by Crippen LogP contribution is 2.19. The van der Waals surface area contributed by atoms with Crippen molar-refractivity contribution in [1.29, 1.82) is 0 Å². The maximum Gasteiger partial charge on any atom is 0.707 e. The molecule has 0 unspecified atom stereocenters. The molecule has 1 aromatic rings. The number of hydrogen-bond acceptors (Lipinski definition) is 4.